The lowest BCUT2D eigenvalue weighted by atomic mass is 10.00. The molecule has 3 rings (SSSR count). The molecule has 0 heterocycles. The van der Waals surface area contributed by atoms with E-state index in [4.69, 9.17) is 32.7 Å². The number of halogens is 2. The molecule has 0 bridgehead atoms. The zero-order valence-corrected chi connectivity index (χ0v) is 21.0. The second-order valence-electron chi connectivity index (χ2n) is 8.51. The normalized spacial score (nSPS) is 11.4. The van der Waals surface area contributed by atoms with E-state index in [-0.39, 0.29) is 0 Å². The van der Waals surface area contributed by atoms with Gasteiger partial charge >= 0.3 is 0 Å². The maximum absolute atomic E-state index is 6.71. The fraction of sp³-hybridized carbons (Fsp3) is 0.500. The van der Waals surface area contributed by atoms with Crippen LogP contribution in [0.25, 0.3) is 21.5 Å². The predicted octanol–water partition coefficient (Wildman–Crippen LogP) is 10.00. The minimum atomic E-state index is 0.655. The van der Waals surface area contributed by atoms with E-state index in [9.17, 15) is 0 Å². The molecular formula is C28H36Cl2O2. The summed E-state index contributed by atoms with van der Waals surface area (Å²) < 4.78 is 12.7. The van der Waals surface area contributed by atoms with Crippen molar-refractivity contribution in [3.8, 4) is 11.5 Å². The van der Waals surface area contributed by atoms with Crippen LogP contribution in [0.15, 0.2) is 36.4 Å². The first-order valence-electron chi connectivity index (χ1n) is 12.3. The minimum Gasteiger partial charge on any atom is -0.492 e. The van der Waals surface area contributed by atoms with Gasteiger partial charge in [0.05, 0.1) is 23.3 Å². The Morgan fingerprint density at radius 1 is 0.562 bits per heavy atom. The van der Waals surface area contributed by atoms with Crippen LogP contribution in [0.5, 0.6) is 11.5 Å². The number of rotatable bonds is 14. The molecule has 0 N–H and O–H groups in total. The number of fused-ring (bicyclic) bond motifs is 2. The van der Waals surface area contributed by atoms with Crippen LogP contribution in [0, 0.1) is 0 Å². The van der Waals surface area contributed by atoms with Crippen molar-refractivity contribution in [1.82, 2.24) is 0 Å². The van der Waals surface area contributed by atoms with Crippen molar-refractivity contribution < 1.29 is 9.47 Å². The molecule has 2 nitrogen and oxygen atoms in total. The molecule has 0 atom stereocenters. The quantitative estimate of drug-likeness (QED) is 0.171. The summed E-state index contributed by atoms with van der Waals surface area (Å²) in [6.07, 6.45) is 11.9. The van der Waals surface area contributed by atoms with Crippen molar-refractivity contribution in [2.45, 2.75) is 78.1 Å². The second kappa shape index (κ2) is 13.2. The lowest BCUT2D eigenvalue weighted by molar-refractivity contribution is 0.306. The molecule has 32 heavy (non-hydrogen) atoms. The van der Waals surface area contributed by atoms with Gasteiger partial charge in [-0.2, -0.15) is 0 Å². The average molecular weight is 476 g/mol. The molecule has 3 aromatic carbocycles. The van der Waals surface area contributed by atoms with Crippen LogP contribution in [0.3, 0.4) is 0 Å². The van der Waals surface area contributed by atoms with Crippen LogP contribution < -0.4 is 9.47 Å². The zero-order valence-electron chi connectivity index (χ0n) is 19.5. The highest BCUT2D eigenvalue weighted by atomic mass is 35.5. The van der Waals surface area contributed by atoms with E-state index >= 15 is 0 Å². The van der Waals surface area contributed by atoms with Gasteiger partial charge < -0.3 is 9.47 Å². The molecule has 0 aliphatic carbocycles. The Labute approximate surface area is 203 Å². The molecule has 0 spiro atoms. The third kappa shape index (κ3) is 6.23. The van der Waals surface area contributed by atoms with Crippen molar-refractivity contribution >= 4 is 44.7 Å². The van der Waals surface area contributed by atoms with Gasteiger partial charge in [-0.05, 0) is 25.0 Å². The van der Waals surface area contributed by atoms with Gasteiger partial charge in [-0.3, -0.25) is 0 Å². The number of ether oxygens (including phenoxy) is 2. The monoisotopic (exact) mass is 474 g/mol. The van der Waals surface area contributed by atoms with Crippen LogP contribution in [0.4, 0.5) is 0 Å². The third-order valence-corrected chi connectivity index (χ3v) is 6.59. The Morgan fingerprint density at radius 3 is 1.47 bits per heavy atom. The Kier molecular flexibility index (Phi) is 10.3. The molecule has 0 fully saturated rings. The zero-order chi connectivity index (χ0) is 22.8. The van der Waals surface area contributed by atoms with E-state index in [0.717, 1.165) is 45.9 Å². The third-order valence-electron chi connectivity index (χ3n) is 5.96. The first kappa shape index (κ1) is 25.0. The number of benzene rings is 3. The first-order valence-corrected chi connectivity index (χ1v) is 13.0. The number of hydrogen-bond donors (Lipinski definition) is 0. The Balaban J connectivity index is 1.94. The second-order valence-corrected chi connectivity index (χ2v) is 9.32. The summed E-state index contributed by atoms with van der Waals surface area (Å²) in [5.74, 6) is 1.63. The van der Waals surface area contributed by atoms with Crippen molar-refractivity contribution in [1.29, 1.82) is 0 Å². The van der Waals surface area contributed by atoms with E-state index in [0.29, 0.717) is 23.3 Å². The SMILES string of the molecule is CCCCCCCOc1c2cccc(Cl)c2c(OCCCCCCC)c2c(Cl)cccc12. The highest BCUT2D eigenvalue weighted by Gasteiger charge is 2.20. The fourth-order valence-electron chi connectivity index (χ4n) is 4.22. The minimum absolute atomic E-state index is 0.655. The van der Waals surface area contributed by atoms with Gasteiger partial charge in [-0.25, -0.2) is 0 Å². The first-order chi connectivity index (χ1) is 15.7. The van der Waals surface area contributed by atoms with Crippen molar-refractivity contribution in [2.24, 2.45) is 0 Å². The number of unbranched alkanes of at least 4 members (excludes halogenated alkanes) is 8. The molecule has 0 aromatic heterocycles. The molecule has 0 unspecified atom stereocenters. The Morgan fingerprint density at radius 2 is 1.00 bits per heavy atom. The van der Waals surface area contributed by atoms with E-state index in [1.165, 1.54) is 51.4 Å². The summed E-state index contributed by atoms with van der Waals surface area (Å²) in [5, 5.41) is 5.09. The van der Waals surface area contributed by atoms with E-state index in [1.54, 1.807) is 0 Å². The maximum Gasteiger partial charge on any atom is 0.138 e. The van der Waals surface area contributed by atoms with Crippen LogP contribution >= 0.6 is 23.2 Å². The molecule has 0 saturated carbocycles. The summed E-state index contributed by atoms with van der Waals surface area (Å²) in [4.78, 5) is 0. The maximum atomic E-state index is 6.71. The summed E-state index contributed by atoms with van der Waals surface area (Å²) in [7, 11) is 0. The summed E-state index contributed by atoms with van der Waals surface area (Å²) in [6, 6.07) is 11.9. The molecule has 0 amide bonds. The molecular weight excluding hydrogens is 439 g/mol. The van der Waals surface area contributed by atoms with Crippen molar-refractivity contribution in [3.63, 3.8) is 0 Å². The molecule has 4 heteroatoms. The molecule has 3 aromatic rings. The van der Waals surface area contributed by atoms with Crippen LogP contribution in [0.1, 0.15) is 78.1 Å². The largest absolute Gasteiger partial charge is 0.492 e. The topological polar surface area (TPSA) is 18.5 Å². The molecule has 0 aliphatic heterocycles. The predicted molar refractivity (Wildman–Crippen MR) is 140 cm³/mol. The van der Waals surface area contributed by atoms with E-state index < -0.39 is 0 Å². The van der Waals surface area contributed by atoms with Gasteiger partial charge in [0.1, 0.15) is 11.5 Å². The summed E-state index contributed by atoms with van der Waals surface area (Å²) in [5.41, 5.74) is 0. The molecule has 0 saturated heterocycles. The van der Waals surface area contributed by atoms with Gasteiger partial charge in [0.25, 0.3) is 0 Å². The Bertz CT molecular complexity index is 937. The summed E-state index contributed by atoms with van der Waals surface area (Å²) >= 11 is 13.4. The van der Waals surface area contributed by atoms with Crippen molar-refractivity contribution in [3.05, 3.63) is 46.4 Å². The van der Waals surface area contributed by atoms with Crippen LogP contribution in [-0.2, 0) is 0 Å². The van der Waals surface area contributed by atoms with Gasteiger partial charge in [-0.15, -0.1) is 0 Å². The summed E-state index contributed by atoms with van der Waals surface area (Å²) in [6.45, 7) is 5.80. The van der Waals surface area contributed by atoms with Crippen LogP contribution in [-0.4, -0.2) is 13.2 Å². The molecule has 174 valence electrons. The van der Waals surface area contributed by atoms with Gasteiger partial charge in [0.15, 0.2) is 0 Å². The smallest absolute Gasteiger partial charge is 0.138 e. The van der Waals surface area contributed by atoms with Gasteiger partial charge in [0, 0.05) is 21.5 Å². The van der Waals surface area contributed by atoms with Crippen LogP contribution in [0.2, 0.25) is 10.0 Å². The average Bonchev–Trinajstić information content (AvgIpc) is 2.79. The number of hydrogen-bond acceptors (Lipinski definition) is 2. The molecule has 0 radical (unpaired) electrons. The van der Waals surface area contributed by atoms with Gasteiger partial charge in [0.2, 0.25) is 0 Å². The highest BCUT2D eigenvalue weighted by Crippen LogP contribution is 2.47. The van der Waals surface area contributed by atoms with E-state index in [1.807, 2.05) is 24.3 Å². The van der Waals surface area contributed by atoms with Gasteiger partial charge in [-0.1, -0.05) is 113 Å². The molecule has 0 aliphatic rings. The highest BCUT2D eigenvalue weighted by molar-refractivity contribution is 6.40. The standard InChI is InChI=1S/C28H36Cl2O2/c1-3-5-7-9-11-19-31-27-21-15-13-17-23(29)25(21)28(32-20-12-10-8-6-4-2)26-22(27)16-14-18-24(26)30/h13-18H,3-12,19-20H2,1-2H3. The van der Waals surface area contributed by atoms with E-state index in [2.05, 4.69) is 26.0 Å². The Hall–Kier alpha value is -1.64. The van der Waals surface area contributed by atoms with Crippen molar-refractivity contribution in [2.75, 3.05) is 13.2 Å². The lowest BCUT2D eigenvalue weighted by Crippen LogP contribution is -2.03. The fourth-order valence-corrected chi connectivity index (χ4v) is 4.74. The lowest BCUT2D eigenvalue weighted by Gasteiger charge is -2.19.